The van der Waals surface area contributed by atoms with Crippen molar-refractivity contribution in [3.63, 3.8) is 0 Å². The molecule has 0 unspecified atom stereocenters. The standard InChI is InChI=1S/C14H20ClN3O2/c1-16-12-8-10(7-11(15)18-12)13(19)17-9-14(3-4-14)5-6-20-2/h7-8H,3-6,9H2,1-2H3,(H,16,18)(H,17,19). The average Bonchev–Trinajstić information content (AvgIpc) is 3.22. The quantitative estimate of drug-likeness (QED) is 0.758. The van der Waals surface area contributed by atoms with Gasteiger partial charge in [0, 0.05) is 32.9 Å². The second-order valence-electron chi connectivity index (χ2n) is 5.24. The minimum absolute atomic E-state index is 0.116. The molecule has 1 aromatic heterocycles. The minimum atomic E-state index is -0.116. The van der Waals surface area contributed by atoms with Crippen LogP contribution < -0.4 is 10.6 Å². The van der Waals surface area contributed by atoms with Crippen LogP contribution in [0.3, 0.4) is 0 Å². The molecule has 0 bridgehead atoms. The van der Waals surface area contributed by atoms with E-state index in [1.54, 1.807) is 26.3 Å². The number of methoxy groups -OCH3 is 1. The van der Waals surface area contributed by atoms with E-state index in [2.05, 4.69) is 15.6 Å². The fraction of sp³-hybridized carbons (Fsp3) is 0.571. The zero-order valence-electron chi connectivity index (χ0n) is 11.8. The molecule has 0 aromatic carbocycles. The highest BCUT2D eigenvalue weighted by atomic mass is 35.5. The van der Waals surface area contributed by atoms with Crippen LogP contribution in [0.1, 0.15) is 29.6 Å². The number of anilines is 1. The summed E-state index contributed by atoms with van der Waals surface area (Å²) in [6.45, 7) is 1.42. The molecule has 1 aliphatic rings. The van der Waals surface area contributed by atoms with Gasteiger partial charge in [-0.05, 0) is 36.8 Å². The molecular weight excluding hydrogens is 278 g/mol. The Morgan fingerprint density at radius 1 is 1.50 bits per heavy atom. The lowest BCUT2D eigenvalue weighted by molar-refractivity contribution is 0.0938. The minimum Gasteiger partial charge on any atom is -0.385 e. The lowest BCUT2D eigenvalue weighted by Gasteiger charge is -2.15. The first-order valence-corrected chi connectivity index (χ1v) is 7.09. The summed E-state index contributed by atoms with van der Waals surface area (Å²) < 4.78 is 5.11. The largest absolute Gasteiger partial charge is 0.385 e. The van der Waals surface area contributed by atoms with Crippen LogP contribution in [0.2, 0.25) is 5.15 Å². The summed E-state index contributed by atoms with van der Waals surface area (Å²) in [6.07, 6.45) is 3.29. The molecule has 6 heteroatoms. The molecule has 0 spiro atoms. The smallest absolute Gasteiger partial charge is 0.251 e. The molecule has 0 aliphatic heterocycles. The van der Waals surface area contributed by atoms with Gasteiger partial charge >= 0.3 is 0 Å². The van der Waals surface area contributed by atoms with Crippen molar-refractivity contribution in [3.8, 4) is 0 Å². The number of carbonyl (C=O) groups is 1. The number of pyridine rings is 1. The lowest BCUT2D eigenvalue weighted by Crippen LogP contribution is -2.30. The van der Waals surface area contributed by atoms with E-state index in [1.807, 2.05) is 0 Å². The molecule has 1 amide bonds. The maximum Gasteiger partial charge on any atom is 0.251 e. The predicted molar refractivity (Wildman–Crippen MR) is 79.3 cm³/mol. The first-order valence-electron chi connectivity index (χ1n) is 6.71. The van der Waals surface area contributed by atoms with Crippen molar-refractivity contribution >= 4 is 23.3 Å². The highest BCUT2D eigenvalue weighted by Crippen LogP contribution is 2.48. The van der Waals surface area contributed by atoms with Crippen molar-refractivity contribution in [2.75, 3.05) is 32.6 Å². The van der Waals surface area contributed by atoms with Crippen LogP contribution in [-0.2, 0) is 4.74 Å². The van der Waals surface area contributed by atoms with Gasteiger partial charge < -0.3 is 15.4 Å². The second-order valence-corrected chi connectivity index (χ2v) is 5.63. The molecule has 0 atom stereocenters. The molecule has 2 rings (SSSR count). The second kappa shape index (κ2) is 6.41. The van der Waals surface area contributed by atoms with Crippen LogP contribution in [0.15, 0.2) is 12.1 Å². The van der Waals surface area contributed by atoms with Gasteiger partial charge in [0.2, 0.25) is 0 Å². The zero-order valence-corrected chi connectivity index (χ0v) is 12.6. The molecule has 5 nitrogen and oxygen atoms in total. The summed E-state index contributed by atoms with van der Waals surface area (Å²) in [5, 5.41) is 6.17. The third kappa shape index (κ3) is 3.84. The molecule has 110 valence electrons. The highest BCUT2D eigenvalue weighted by Gasteiger charge is 2.42. The third-order valence-electron chi connectivity index (χ3n) is 3.73. The van der Waals surface area contributed by atoms with Gasteiger partial charge in [-0.25, -0.2) is 4.98 Å². The summed E-state index contributed by atoms with van der Waals surface area (Å²) in [5.41, 5.74) is 0.755. The summed E-state index contributed by atoms with van der Waals surface area (Å²) in [6, 6.07) is 3.27. The lowest BCUT2D eigenvalue weighted by atomic mass is 10.0. The monoisotopic (exact) mass is 297 g/mol. The normalized spacial score (nSPS) is 15.8. The Bertz CT molecular complexity index is 489. The molecule has 1 aromatic rings. The third-order valence-corrected chi connectivity index (χ3v) is 3.92. The Labute approximate surface area is 124 Å². The average molecular weight is 298 g/mol. The van der Waals surface area contributed by atoms with Crippen LogP contribution in [0.25, 0.3) is 0 Å². The van der Waals surface area contributed by atoms with E-state index in [9.17, 15) is 4.79 Å². The summed E-state index contributed by atoms with van der Waals surface area (Å²) >= 11 is 5.90. The van der Waals surface area contributed by atoms with Crippen LogP contribution in [0.5, 0.6) is 0 Å². The molecule has 0 radical (unpaired) electrons. The van der Waals surface area contributed by atoms with Gasteiger partial charge in [-0.2, -0.15) is 0 Å². The van der Waals surface area contributed by atoms with Crippen LogP contribution >= 0.6 is 11.6 Å². The van der Waals surface area contributed by atoms with Crippen molar-refractivity contribution in [2.24, 2.45) is 5.41 Å². The Balaban J connectivity index is 1.93. The first-order chi connectivity index (χ1) is 9.58. The highest BCUT2D eigenvalue weighted by molar-refractivity contribution is 6.29. The van der Waals surface area contributed by atoms with Gasteiger partial charge in [0.15, 0.2) is 0 Å². The molecule has 20 heavy (non-hydrogen) atoms. The Kier molecular flexibility index (Phi) is 4.83. The number of nitrogens with one attached hydrogen (secondary N) is 2. The van der Waals surface area contributed by atoms with E-state index in [1.165, 1.54) is 0 Å². The molecule has 1 fully saturated rings. The van der Waals surface area contributed by atoms with Gasteiger partial charge in [-0.3, -0.25) is 4.79 Å². The maximum atomic E-state index is 12.2. The van der Waals surface area contributed by atoms with Crippen molar-refractivity contribution in [1.29, 1.82) is 0 Å². The van der Waals surface area contributed by atoms with Crippen LogP contribution in [0, 0.1) is 5.41 Å². The van der Waals surface area contributed by atoms with Gasteiger partial charge in [0.05, 0.1) is 0 Å². The van der Waals surface area contributed by atoms with Gasteiger partial charge in [0.25, 0.3) is 5.91 Å². The number of hydrogen-bond donors (Lipinski definition) is 2. The summed E-state index contributed by atoms with van der Waals surface area (Å²) in [7, 11) is 3.44. The Morgan fingerprint density at radius 2 is 2.25 bits per heavy atom. The summed E-state index contributed by atoms with van der Waals surface area (Å²) in [5.74, 6) is 0.470. The van der Waals surface area contributed by atoms with Gasteiger partial charge in [-0.1, -0.05) is 11.6 Å². The van der Waals surface area contributed by atoms with Crippen molar-refractivity contribution < 1.29 is 9.53 Å². The van der Waals surface area contributed by atoms with Gasteiger partial charge in [0.1, 0.15) is 11.0 Å². The summed E-state index contributed by atoms with van der Waals surface area (Å²) in [4.78, 5) is 16.2. The van der Waals surface area contributed by atoms with Crippen LogP contribution in [0.4, 0.5) is 5.82 Å². The molecule has 1 aliphatic carbocycles. The predicted octanol–water partition coefficient (Wildman–Crippen LogP) is 2.32. The van der Waals surface area contributed by atoms with Crippen molar-refractivity contribution in [2.45, 2.75) is 19.3 Å². The molecule has 2 N–H and O–H groups in total. The fourth-order valence-corrected chi connectivity index (χ4v) is 2.35. The first kappa shape index (κ1) is 15.1. The zero-order chi connectivity index (χ0) is 14.6. The van der Waals surface area contributed by atoms with E-state index < -0.39 is 0 Å². The number of hydrogen-bond acceptors (Lipinski definition) is 4. The van der Waals surface area contributed by atoms with E-state index in [0.29, 0.717) is 23.1 Å². The molecule has 1 saturated carbocycles. The SMILES string of the molecule is CNc1cc(C(=O)NCC2(CCOC)CC2)cc(Cl)n1. The number of halogens is 1. The fourth-order valence-electron chi connectivity index (χ4n) is 2.14. The topological polar surface area (TPSA) is 63.2 Å². The van der Waals surface area contributed by atoms with Crippen molar-refractivity contribution in [3.05, 3.63) is 22.8 Å². The Hall–Kier alpha value is -1.33. The number of aromatic nitrogens is 1. The number of amides is 1. The molecular formula is C14H20ClN3O2. The molecule has 0 saturated heterocycles. The number of rotatable bonds is 7. The van der Waals surface area contributed by atoms with Crippen LogP contribution in [-0.4, -0.2) is 38.2 Å². The Morgan fingerprint density at radius 3 is 2.85 bits per heavy atom. The number of carbonyl (C=O) groups excluding carboxylic acids is 1. The van der Waals surface area contributed by atoms with E-state index in [-0.39, 0.29) is 11.3 Å². The van der Waals surface area contributed by atoms with Crippen molar-refractivity contribution in [1.82, 2.24) is 10.3 Å². The number of nitrogens with zero attached hydrogens (tertiary/aromatic N) is 1. The van der Waals surface area contributed by atoms with E-state index >= 15 is 0 Å². The maximum absolute atomic E-state index is 12.2. The van der Waals surface area contributed by atoms with E-state index in [4.69, 9.17) is 16.3 Å². The number of ether oxygens (including phenoxy) is 1. The van der Waals surface area contributed by atoms with Gasteiger partial charge in [-0.15, -0.1) is 0 Å². The molecule has 1 heterocycles. The van der Waals surface area contributed by atoms with E-state index in [0.717, 1.165) is 25.9 Å².